The maximum atomic E-state index is 5.28. The van der Waals surface area contributed by atoms with Gasteiger partial charge in [0.25, 0.3) is 0 Å². The number of nitrogens with zero attached hydrogens (tertiary/aromatic N) is 9. The molecule has 16 rings (SSSR count). The maximum absolute atomic E-state index is 5.28. The smallest absolute Gasteiger partial charge is 0.138 e. The Kier molecular flexibility index (Phi) is 12.9. The van der Waals surface area contributed by atoms with Crippen LogP contribution in [0.15, 0.2) is 284 Å². The van der Waals surface area contributed by atoms with Gasteiger partial charge < -0.3 is 0 Å². The first kappa shape index (κ1) is 48.9. The highest BCUT2D eigenvalue weighted by atomic mass is 79.9. The SMILES string of the molecule is Brc1cc(-c2ccccc2)cc(-c2ccccc2)n1.c1ccc(-c2cc(-c3ccccc3)nc(-n3c4ccccc4c4ccc5nnn(-c6ccccc6)c5c43)c2)cc1.c1ccc(-n2nnc3ccc4c(c32)Cc2ccccc2-4)cc1. The lowest BCUT2D eigenvalue weighted by atomic mass is 10.0. The highest BCUT2D eigenvalue weighted by molar-refractivity contribution is 9.10. The van der Waals surface area contributed by atoms with E-state index in [2.05, 4.69) is 234 Å². The zero-order chi connectivity index (χ0) is 54.1. The number of rotatable bonds is 7. The van der Waals surface area contributed by atoms with E-state index in [0.29, 0.717) is 0 Å². The van der Waals surface area contributed by atoms with E-state index in [4.69, 9.17) is 4.98 Å². The molecule has 0 atom stereocenters. The van der Waals surface area contributed by atoms with Crippen molar-refractivity contribution >= 4 is 59.8 Å². The fourth-order valence-corrected chi connectivity index (χ4v) is 11.5. The van der Waals surface area contributed by atoms with Gasteiger partial charge in [-0.25, -0.2) is 19.3 Å². The molecule has 0 unspecified atom stereocenters. The summed E-state index contributed by atoms with van der Waals surface area (Å²) >= 11 is 3.50. The van der Waals surface area contributed by atoms with Crippen LogP contribution in [0, 0.1) is 0 Å². The standard InChI is InChI=1S/C35H23N5.C19H13N3.C17H12BrN/c1-4-12-24(13-5-1)26-22-31(25-14-6-2-7-15-25)36-33(23-26)39-32-19-11-10-18-28(32)29-20-21-30-35(34(29)39)40(38-37-30)27-16-8-3-9-17-27;1-2-7-14(8-3-1)22-19-17-12-13-6-4-5-9-15(13)16(17)10-11-18(19)20-21-22;18-17-12-15(13-7-3-1-4-8-13)11-16(19-17)14-9-5-2-6-10-14/h1-23H;1-11H,12H2;1-12H. The summed E-state index contributed by atoms with van der Waals surface area (Å²) in [7, 11) is 0. The van der Waals surface area contributed by atoms with Gasteiger partial charge in [-0.2, -0.15) is 0 Å². The molecule has 0 radical (unpaired) electrons. The molecule has 384 valence electrons. The van der Waals surface area contributed by atoms with Crippen LogP contribution < -0.4 is 0 Å². The number of aromatic nitrogens is 9. The minimum Gasteiger partial charge on any atom is -0.291 e. The van der Waals surface area contributed by atoms with E-state index < -0.39 is 0 Å². The van der Waals surface area contributed by atoms with E-state index in [0.717, 1.165) is 106 Å². The fourth-order valence-electron chi connectivity index (χ4n) is 11.1. The van der Waals surface area contributed by atoms with E-state index in [-0.39, 0.29) is 0 Å². The molecule has 0 N–H and O–H groups in total. The summed E-state index contributed by atoms with van der Waals surface area (Å²) in [5.74, 6) is 0.847. The molecule has 0 amide bonds. The Balaban J connectivity index is 0.000000121. The van der Waals surface area contributed by atoms with Crippen LogP contribution >= 0.6 is 15.9 Å². The summed E-state index contributed by atoms with van der Waals surface area (Å²) in [6.45, 7) is 0. The largest absolute Gasteiger partial charge is 0.291 e. The molecule has 81 heavy (non-hydrogen) atoms. The third-order valence-electron chi connectivity index (χ3n) is 14.8. The van der Waals surface area contributed by atoms with Gasteiger partial charge in [-0.1, -0.05) is 217 Å². The second-order valence-corrected chi connectivity index (χ2v) is 20.6. The van der Waals surface area contributed by atoms with Crippen molar-refractivity contribution in [3.8, 4) is 73.1 Å². The first-order valence-corrected chi connectivity index (χ1v) is 27.6. The van der Waals surface area contributed by atoms with E-state index in [1.165, 1.54) is 33.4 Å². The van der Waals surface area contributed by atoms with Crippen LogP contribution in [0.5, 0.6) is 0 Å². The van der Waals surface area contributed by atoms with E-state index in [1.54, 1.807) is 0 Å². The first-order valence-electron chi connectivity index (χ1n) is 26.9. The Morgan fingerprint density at radius 1 is 0.346 bits per heavy atom. The van der Waals surface area contributed by atoms with Crippen LogP contribution in [0.2, 0.25) is 0 Å². The Hall–Kier alpha value is -10.4. The summed E-state index contributed by atoms with van der Waals surface area (Å²) in [6, 6.07) is 95.9. The molecule has 1 aliphatic rings. The van der Waals surface area contributed by atoms with E-state index in [1.807, 2.05) is 100 Å². The summed E-state index contributed by atoms with van der Waals surface area (Å²) in [5.41, 5.74) is 22.1. The maximum Gasteiger partial charge on any atom is 0.138 e. The summed E-state index contributed by atoms with van der Waals surface area (Å²) in [5, 5.41) is 20.2. The van der Waals surface area contributed by atoms with Crippen molar-refractivity contribution in [1.29, 1.82) is 0 Å². The molecule has 10 heteroatoms. The molecule has 0 bridgehead atoms. The van der Waals surface area contributed by atoms with Crippen LogP contribution in [0.4, 0.5) is 0 Å². The Morgan fingerprint density at radius 3 is 1.44 bits per heavy atom. The van der Waals surface area contributed by atoms with Crippen molar-refractivity contribution in [3.05, 3.63) is 295 Å². The fraction of sp³-hybridized carbons (Fsp3) is 0.0141. The second-order valence-electron chi connectivity index (χ2n) is 19.8. The van der Waals surface area contributed by atoms with Gasteiger partial charge in [0, 0.05) is 28.3 Å². The van der Waals surface area contributed by atoms with Crippen molar-refractivity contribution in [3.63, 3.8) is 0 Å². The second kappa shape index (κ2) is 21.4. The zero-order valence-electron chi connectivity index (χ0n) is 43.7. The Bertz CT molecular complexity index is 4600. The van der Waals surface area contributed by atoms with Gasteiger partial charge in [-0.05, 0) is 133 Å². The van der Waals surface area contributed by atoms with Crippen LogP contribution in [-0.2, 0) is 6.42 Å². The number of pyridine rings is 2. The molecular weight excluding hydrogens is 1060 g/mol. The number of benzene rings is 10. The lowest BCUT2D eigenvalue weighted by molar-refractivity contribution is 0.822. The number of fused-ring (bicyclic) bond motifs is 10. The minimum atomic E-state index is 0.836. The lowest BCUT2D eigenvalue weighted by Gasteiger charge is -2.13. The molecular formula is C71H48BrN9. The molecule has 15 aromatic rings. The minimum absolute atomic E-state index is 0.836. The number of hydrogen-bond acceptors (Lipinski definition) is 6. The van der Waals surface area contributed by atoms with Gasteiger partial charge in [0.15, 0.2) is 0 Å². The third kappa shape index (κ3) is 9.43. The van der Waals surface area contributed by atoms with Crippen LogP contribution in [0.3, 0.4) is 0 Å². The van der Waals surface area contributed by atoms with Crippen LogP contribution in [0.1, 0.15) is 11.1 Å². The number of hydrogen-bond donors (Lipinski definition) is 0. The van der Waals surface area contributed by atoms with Crippen molar-refractivity contribution in [1.82, 2.24) is 44.5 Å². The molecule has 0 fully saturated rings. The monoisotopic (exact) mass is 1110 g/mol. The predicted octanol–water partition coefficient (Wildman–Crippen LogP) is 17.4. The van der Waals surface area contributed by atoms with E-state index >= 15 is 0 Å². The number of para-hydroxylation sites is 3. The van der Waals surface area contributed by atoms with Gasteiger partial charge in [0.2, 0.25) is 0 Å². The molecule has 5 aromatic heterocycles. The molecule has 10 aromatic carbocycles. The van der Waals surface area contributed by atoms with E-state index in [9.17, 15) is 0 Å². The number of halogens is 1. The van der Waals surface area contributed by atoms with Crippen LogP contribution in [0.25, 0.3) is 117 Å². The van der Waals surface area contributed by atoms with Gasteiger partial charge in [-0.15, -0.1) is 10.2 Å². The lowest BCUT2D eigenvalue weighted by Crippen LogP contribution is -2.02. The topological polar surface area (TPSA) is 92.1 Å². The van der Waals surface area contributed by atoms with Gasteiger partial charge >= 0.3 is 0 Å². The van der Waals surface area contributed by atoms with Crippen LogP contribution in [-0.4, -0.2) is 44.5 Å². The third-order valence-corrected chi connectivity index (χ3v) is 15.2. The quantitative estimate of drug-likeness (QED) is 0.148. The molecule has 5 heterocycles. The first-order chi connectivity index (χ1) is 40.1. The highest BCUT2D eigenvalue weighted by Gasteiger charge is 2.24. The summed E-state index contributed by atoms with van der Waals surface area (Å²) in [4.78, 5) is 9.82. The molecule has 0 saturated carbocycles. The highest BCUT2D eigenvalue weighted by Crippen LogP contribution is 2.41. The summed E-state index contributed by atoms with van der Waals surface area (Å²) < 4.78 is 7.02. The van der Waals surface area contributed by atoms with Gasteiger partial charge in [0.1, 0.15) is 27.0 Å². The average Bonchev–Trinajstić information content (AvgIpc) is 4.38. The zero-order valence-corrected chi connectivity index (χ0v) is 45.3. The van der Waals surface area contributed by atoms with Crippen molar-refractivity contribution in [2.75, 3.05) is 0 Å². The normalized spacial score (nSPS) is 11.5. The van der Waals surface area contributed by atoms with Gasteiger partial charge in [0.05, 0.1) is 39.3 Å². The molecule has 0 spiro atoms. The molecule has 1 aliphatic carbocycles. The molecule has 0 aliphatic heterocycles. The van der Waals surface area contributed by atoms with Gasteiger partial charge in [-0.3, -0.25) is 4.57 Å². The average molecular weight is 1110 g/mol. The van der Waals surface area contributed by atoms with Crippen molar-refractivity contribution < 1.29 is 0 Å². The van der Waals surface area contributed by atoms with Crippen molar-refractivity contribution in [2.45, 2.75) is 6.42 Å². The predicted molar refractivity (Wildman–Crippen MR) is 332 cm³/mol. The molecule has 0 saturated heterocycles. The van der Waals surface area contributed by atoms with Crippen molar-refractivity contribution in [2.24, 2.45) is 0 Å². The Morgan fingerprint density at radius 2 is 0.827 bits per heavy atom. The Labute approximate surface area is 475 Å². The molecule has 9 nitrogen and oxygen atoms in total. The summed E-state index contributed by atoms with van der Waals surface area (Å²) in [6.07, 6.45) is 0.947.